The minimum atomic E-state index is -0.580. The van der Waals surface area contributed by atoms with Crippen molar-refractivity contribution in [2.24, 2.45) is 28.6 Å². The summed E-state index contributed by atoms with van der Waals surface area (Å²) >= 11 is 0. The summed E-state index contributed by atoms with van der Waals surface area (Å²) in [6.45, 7) is 6.72. The maximum absolute atomic E-state index is 11.2. The van der Waals surface area contributed by atoms with Crippen LogP contribution in [0.3, 0.4) is 0 Å². The van der Waals surface area contributed by atoms with E-state index in [9.17, 15) is 10.2 Å². The molecule has 4 aliphatic rings. The third-order valence-electron chi connectivity index (χ3n) is 8.46. The van der Waals surface area contributed by atoms with Gasteiger partial charge in [-0.15, -0.1) is 0 Å². The molecule has 2 nitrogen and oxygen atoms in total. The van der Waals surface area contributed by atoms with Crippen LogP contribution in [0.5, 0.6) is 0 Å². The number of hydrogen-bond donors (Lipinski definition) is 2. The maximum atomic E-state index is 11.2. The summed E-state index contributed by atoms with van der Waals surface area (Å²) in [5.74, 6) is 1.44. The van der Waals surface area contributed by atoms with E-state index in [1.807, 2.05) is 0 Å². The van der Waals surface area contributed by atoms with Gasteiger partial charge in [0.05, 0.1) is 11.7 Å². The van der Waals surface area contributed by atoms with Gasteiger partial charge in [0.15, 0.2) is 0 Å². The van der Waals surface area contributed by atoms with E-state index in [0.29, 0.717) is 17.8 Å². The number of fused-ring (bicyclic) bond motifs is 5. The lowest BCUT2D eigenvalue weighted by Gasteiger charge is -2.60. The highest BCUT2D eigenvalue weighted by Crippen LogP contribution is 2.67. The third kappa shape index (κ3) is 1.88. The predicted octanol–water partition coefficient (Wildman–Crippen LogP) is 4.23. The molecule has 0 saturated heterocycles. The molecule has 128 valence electrons. The first-order valence-electron chi connectivity index (χ1n) is 9.63. The van der Waals surface area contributed by atoms with Crippen molar-refractivity contribution in [1.29, 1.82) is 0 Å². The summed E-state index contributed by atoms with van der Waals surface area (Å²) in [5.41, 5.74) is 0.892. The fourth-order valence-electron chi connectivity index (χ4n) is 7.14. The molecule has 3 saturated carbocycles. The first-order chi connectivity index (χ1) is 10.9. The standard InChI is InChI=1S/C21H32O2/c1-4-21(23)12-10-16-15-9-8-14-7-5-6-11-19(14,2)18(15)17(22)13-20(16,21)3/h6-7,11,15-18,22-23H,4-5,8-10,12-13H2,1-3H3/t15-,16-,17-,18+,19-,20-,21+/m0/s1. The first-order valence-corrected chi connectivity index (χ1v) is 9.63. The Bertz CT molecular complexity index is 564. The Morgan fingerprint density at radius 2 is 2.04 bits per heavy atom. The quantitative estimate of drug-likeness (QED) is 0.711. The highest BCUT2D eigenvalue weighted by atomic mass is 16.3. The summed E-state index contributed by atoms with van der Waals surface area (Å²) < 4.78 is 0. The molecule has 0 heterocycles. The van der Waals surface area contributed by atoms with Crippen molar-refractivity contribution in [2.45, 2.75) is 77.4 Å². The van der Waals surface area contributed by atoms with Crippen LogP contribution in [0.25, 0.3) is 0 Å². The summed E-state index contributed by atoms with van der Waals surface area (Å²) in [6, 6.07) is 0. The zero-order valence-electron chi connectivity index (χ0n) is 14.9. The molecule has 0 unspecified atom stereocenters. The number of aliphatic hydroxyl groups excluding tert-OH is 1. The van der Waals surface area contributed by atoms with Crippen molar-refractivity contribution in [3.05, 3.63) is 23.8 Å². The van der Waals surface area contributed by atoms with E-state index in [2.05, 4.69) is 39.0 Å². The molecule has 0 aromatic heterocycles. The van der Waals surface area contributed by atoms with E-state index in [0.717, 1.165) is 32.1 Å². The number of rotatable bonds is 1. The lowest BCUT2D eigenvalue weighted by atomic mass is 9.46. The van der Waals surface area contributed by atoms with E-state index < -0.39 is 5.60 Å². The Balaban J connectivity index is 1.75. The highest BCUT2D eigenvalue weighted by Gasteiger charge is 2.65. The van der Waals surface area contributed by atoms with Gasteiger partial charge in [0.25, 0.3) is 0 Å². The topological polar surface area (TPSA) is 40.5 Å². The Morgan fingerprint density at radius 3 is 2.78 bits per heavy atom. The van der Waals surface area contributed by atoms with Crippen molar-refractivity contribution in [3.63, 3.8) is 0 Å². The van der Waals surface area contributed by atoms with Crippen LogP contribution in [-0.2, 0) is 0 Å². The summed E-state index contributed by atoms with van der Waals surface area (Å²) in [4.78, 5) is 0. The van der Waals surface area contributed by atoms with Crippen LogP contribution < -0.4 is 0 Å². The molecule has 23 heavy (non-hydrogen) atoms. The van der Waals surface area contributed by atoms with Crippen LogP contribution in [0.4, 0.5) is 0 Å². The summed E-state index contributed by atoms with van der Waals surface area (Å²) in [5, 5.41) is 22.4. The molecule has 4 rings (SSSR count). The molecule has 0 aromatic rings. The third-order valence-corrected chi connectivity index (χ3v) is 8.46. The average molecular weight is 316 g/mol. The van der Waals surface area contributed by atoms with Crippen LogP contribution in [0.1, 0.15) is 65.7 Å². The molecule has 7 atom stereocenters. The van der Waals surface area contributed by atoms with Gasteiger partial charge in [0, 0.05) is 16.7 Å². The maximum Gasteiger partial charge on any atom is 0.0702 e. The summed E-state index contributed by atoms with van der Waals surface area (Å²) in [6.07, 6.45) is 13.8. The Labute approximate surface area is 140 Å². The monoisotopic (exact) mass is 316 g/mol. The lowest BCUT2D eigenvalue weighted by Crippen LogP contribution is -2.59. The largest absolute Gasteiger partial charge is 0.393 e. The molecule has 0 amide bonds. The molecule has 0 aliphatic heterocycles. The average Bonchev–Trinajstić information content (AvgIpc) is 2.78. The molecule has 3 fully saturated rings. The lowest BCUT2D eigenvalue weighted by molar-refractivity contribution is -0.164. The van der Waals surface area contributed by atoms with Crippen LogP contribution >= 0.6 is 0 Å². The van der Waals surface area contributed by atoms with Gasteiger partial charge in [-0.1, -0.05) is 44.6 Å². The van der Waals surface area contributed by atoms with Crippen LogP contribution in [0.15, 0.2) is 23.8 Å². The first kappa shape index (κ1) is 15.9. The van der Waals surface area contributed by atoms with Gasteiger partial charge in [-0.2, -0.15) is 0 Å². The minimum Gasteiger partial charge on any atom is -0.393 e. The molecule has 4 aliphatic carbocycles. The molecule has 0 spiro atoms. The fourth-order valence-corrected chi connectivity index (χ4v) is 7.14. The van der Waals surface area contributed by atoms with Crippen molar-refractivity contribution in [3.8, 4) is 0 Å². The number of aliphatic hydroxyl groups is 2. The molecule has 0 bridgehead atoms. The minimum absolute atomic E-state index is 0.0365. The van der Waals surface area contributed by atoms with Gasteiger partial charge in [-0.05, 0) is 56.8 Å². The Kier molecular flexibility index (Phi) is 3.42. The second-order valence-corrected chi connectivity index (χ2v) is 9.10. The molecule has 0 radical (unpaired) electrons. The van der Waals surface area contributed by atoms with Crippen LogP contribution in [0, 0.1) is 28.6 Å². The SMILES string of the molecule is CC[C@@]1(O)CC[C@H]2[C@@H]3CCC4=CCC=C[C@]4(C)[C@H]3[C@@H](O)C[C@@]21C. The zero-order valence-corrected chi connectivity index (χ0v) is 14.9. The fraction of sp³-hybridized carbons (Fsp3) is 0.810. The van der Waals surface area contributed by atoms with E-state index >= 15 is 0 Å². The molecule has 2 heteroatoms. The van der Waals surface area contributed by atoms with Gasteiger partial charge in [-0.3, -0.25) is 0 Å². The van der Waals surface area contributed by atoms with E-state index in [4.69, 9.17) is 0 Å². The number of hydrogen-bond acceptors (Lipinski definition) is 2. The van der Waals surface area contributed by atoms with Gasteiger partial charge >= 0.3 is 0 Å². The predicted molar refractivity (Wildman–Crippen MR) is 92.9 cm³/mol. The van der Waals surface area contributed by atoms with E-state index in [1.54, 1.807) is 5.57 Å². The van der Waals surface area contributed by atoms with Gasteiger partial charge in [-0.25, -0.2) is 0 Å². The second kappa shape index (κ2) is 4.95. The van der Waals surface area contributed by atoms with Crippen molar-refractivity contribution < 1.29 is 10.2 Å². The van der Waals surface area contributed by atoms with Crippen molar-refractivity contribution >= 4 is 0 Å². The number of allylic oxidation sites excluding steroid dienone is 4. The Morgan fingerprint density at radius 1 is 1.26 bits per heavy atom. The van der Waals surface area contributed by atoms with E-state index in [-0.39, 0.29) is 16.9 Å². The Hall–Kier alpha value is -0.600. The molecular formula is C21H32O2. The zero-order chi connectivity index (χ0) is 16.5. The van der Waals surface area contributed by atoms with Crippen molar-refractivity contribution in [2.75, 3.05) is 0 Å². The molecular weight excluding hydrogens is 284 g/mol. The van der Waals surface area contributed by atoms with Gasteiger partial charge in [0.2, 0.25) is 0 Å². The normalized spacial score (nSPS) is 54.9. The smallest absolute Gasteiger partial charge is 0.0702 e. The van der Waals surface area contributed by atoms with E-state index in [1.165, 1.54) is 12.8 Å². The summed E-state index contributed by atoms with van der Waals surface area (Å²) in [7, 11) is 0. The van der Waals surface area contributed by atoms with Crippen LogP contribution in [0.2, 0.25) is 0 Å². The van der Waals surface area contributed by atoms with Gasteiger partial charge < -0.3 is 10.2 Å². The molecule has 2 N–H and O–H groups in total. The van der Waals surface area contributed by atoms with Crippen LogP contribution in [-0.4, -0.2) is 21.9 Å². The van der Waals surface area contributed by atoms with Gasteiger partial charge in [0.1, 0.15) is 0 Å². The highest BCUT2D eigenvalue weighted by molar-refractivity contribution is 5.32. The van der Waals surface area contributed by atoms with Crippen molar-refractivity contribution in [1.82, 2.24) is 0 Å². The molecule has 0 aromatic carbocycles. The second-order valence-electron chi connectivity index (χ2n) is 9.10.